The average Bonchev–Trinajstić information content (AvgIpc) is 2.73. The lowest BCUT2D eigenvalue weighted by atomic mass is 10.1. The molecule has 0 bridgehead atoms. The average molecular weight is 246 g/mol. The van der Waals surface area contributed by atoms with Gasteiger partial charge in [0.05, 0.1) is 5.69 Å². The Hall–Kier alpha value is -1.81. The highest BCUT2D eigenvalue weighted by molar-refractivity contribution is 5.38. The Morgan fingerprint density at radius 1 is 1.33 bits per heavy atom. The van der Waals surface area contributed by atoms with Crippen molar-refractivity contribution in [3.8, 4) is 5.75 Å². The summed E-state index contributed by atoms with van der Waals surface area (Å²) < 4.78 is 10.8. The molecule has 1 heterocycles. The van der Waals surface area contributed by atoms with Gasteiger partial charge in [-0.25, -0.2) is 0 Å². The van der Waals surface area contributed by atoms with Crippen LogP contribution in [-0.4, -0.2) is 5.16 Å². The summed E-state index contributed by atoms with van der Waals surface area (Å²) in [6.45, 7) is 6.23. The second kappa shape index (κ2) is 5.23. The van der Waals surface area contributed by atoms with E-state index in [0.29, 0.717) is 12.4 Å². The Morgan fingerprint density at radius 2 is 2.11 bits per heavy atom. The van der Waals surface area contributed by atoms with Gasteiger partial charge in [0.15, 0.2) is 5.76 Å². The molecule has 4 nitrogen and oxygen atoms in total. The molecule has 18 heavy (non-hydrogen) atoms. The first-order chi connectivity index (χ1) is 8.56. The summed E-state index contributed by atoms with van der Waals surface area (Å²) in [5.41, 5.74) is 8.97. The quantitative estimate of drug-likeness (QED) is 0.901. The first kappa shape index (κ1) is 12.6. The van der Waals surface area contributed by atoms with Crippen LogP contribution in [0.2, 0.25) is 0 Å². The Morgan fingerprint density at radius 3 is 2.72 bits per heavy atom. The maximum Gasteiger partial charge on any atom is 0.174 e. The summed E-state index contributed by atoms with van der Waals surface area (Å²) in [7, 11) is 0. The molecule has 0 unspecified atom stereocenters. The van der Waals surface area contributed by atoms with Gasteiger partial charge in [-0.05, 0) is 26.8 Å². The van der Waals surface area contributed by atoms with Crippen molar-refractivity contribution in [3.05, 3.63) is 46.8 Å². The predicted octanol–water partition coefficient (Wildman–Crippen LogP) is 2.89. The van der Waals surface area contributed by atoms with E-state index in [4.69, 9.17) is 15.0 Å². The van der Waals surface area contributed by atoms with Crippen LogP contribution in [-0.2, 0) is 6.61 Å². The van der Waals surface area contributed by atoms with E-state index in [1.807, 2.05) is 45.0 Å². The normalized spacial score (nSPS) is 12.4. The van der Waals surface area contributed by atoms with Gasteiger partial charge in [0.1, 0.15) is 12.4 Å². The largest absolute Gasteiger partial charge is 0.485 e. The SMILES string of the molecule is Cc1ccc(OCc2cc(C)no2)c([C@H](C)N)c1. The molecule has 0 fully saturated rings. The number of hydrogen-bond donors (Lipinski definition) is 1. The van der Waals surface area contributed by atoms with Gasteiger partial charge in [-0.15, -0.1) is 0 Å². The number of rotatable bonds is 4. The lowest BCUT2D eigenvalue weighted by Gasteiger charge is -2.13. The standard InChI is InChI=1S/C14H18N2O2/c1-9-4-5-14(13(6-9)11(3)15)17-8-12-7-10(2)16-18-12/h4-7,11H,8,15H2,1-3H3/t11-/m0/s1. The van der Waals surface area contributed by atoms with E-state index >= 15 is 0 Å². The maximum atomic E-state index is 5.94. The second-order valence-corrected chi connectivity index (χ2v) is 4.55. The topological polar surface area (TPSA) is 61.3 Å². The lowest BCUT2D eigenvalue weighted by Crippen LogP contribution is -2.08. The number of nitrogens with two attached hydrogens (primary N) is 1. The minimum absolute atomic E-state index is 0.0589. The van der Waals surface area contributed by atoms with Crippen molar-refractivity contribution in [2.45, 2.75) is 33.4 Å². The fourth-order valence-electron chi connectivity index (χ4n) is 1.79. The van der Waals surface area contributed by atoms with Gasteiger partial charge in [-0.2, -0.15) is 0 Å². The Kier molecular flexibility index (Phi) is 3.67. The number of ether oxygens (including phenoxy) is 1. The summed E-state index contributed by atoms with van der Waals surface area (Å²) >= 11 is 0. The van der Waals surface area contributed by atoms with Gasteiger partial charge < -0.3 is 15.0 Å². The molecular weight excluding hydrogens is 228 g/mol. The first-order valence-electron chi connectivity index (χ1n) is 5.97. The van der Waals surface area contributed by atoms with E-state index in [2.05, 4.69) is 5.16 Å². The molecule has 0 aliphatic carbocycles. The molecule has 4 heteroatoms. The van der Waals surface area contributed by atoms with Gasteiger partial charge in [-0.3, -0.25) is 0 Å². The highest BCUT2D eigenvalue weighted by atomic mass is 16.5. The Labute approximate surface area is 107 Å². The van der Waals surface area contributed by atoms with Crippen LogP contribution >= 0.6 is 0 Å². The fraction of sp³-hybridized carbons (Fsp3) is 0.357. The molecule has 1 aromatic carbocycles. The number of benzene rings is 1. The summed E-state index contributed by atoms with van der Waals surface area (Å²) in [5.74, 6) is 1.51. The van der Waals surface area contributed by atoms with E-state index in [1.54, 1.807) is 0 Å². The van der Waals surface area contributed by atoms with Crippen molar-refractivity contribution < 1.29 is 9.26 Å². The van der Waals surface area contributed by atoms with Crippen LogP contribution in [0, 0.1) is 13.8 Å². The van der Waals surface area contributed by atoms with Gasteiger partial charge in [0, 0.05) is 17.7 Å². The Balaban J connectivity index is 2.13. The van der Waals surface area contributed by atoms with Crippen molar-refractivity contribution in [3.63, 3.8) is 0 Å². The van der Waals surface area contributed by atoms with Crippen LogP contribution in [0.5, 0.6) is 5.75 Å². The minimum atomic E-state index is -0.0589. The number of hydrogen-bond acceptors (Lipinski definition) is 4. The molecule has 2 N–H and O–H groups in total. The molecule has 0 aliphatic rings. The fourth-order valence-corrected chi connectivity index (χ4v) is 1.79. The third kappa shape index (κ3) is 2.90. The van der Waals surface area contributed by atoms with Crippen molar-refractivity contribution in [1.82, 2.24) is 5.16 Å². The van der Waals surface area contributed by atoms with Gasteiger partial charge in [0.25, 0.3) is 0 Å². The lowest BCUT2D eigenvalue weighted by molar-refractivity contribution is 0.246. The summed E-state index contributed by atoms with van der Waals surface area (Å²) in [6, 6.07) is 7.80. The first-order valence-corrected chi connectivity index (χ1v) is 5.97. The highest BCUT2D eigenvalue weighted by Gasteiger charge is 2.09. The third-order valence-corrected chi connectivity index (χ3v) is 2.70. The van der Waals surface area contributed by atoms with E-state index in [0.717, 1.165) is 17.0 Å². The van der Waals surface area contributed by atoms with Crippen LogP contribution in [0.1, 0.15) is 35.5 Å². The highest BCUT2D eigenvalue weighted by Crippen LogP contribution is 2.25. The smallest absolute Gasteiger partial charge is 0.174 e. The molecule has 0 aliphatic heterocycles. The van der Waals surface area contributed by atoms with Gasteiger partial charge in [0.2, 0.25) is 0 Å². The van der Waals surface area contributed by atoms with Gasteiger partial charge in [-0.1, -0.05) is 22.9 Å². The van der Waals surface area contributed by atoms with E-state index < -0.39 is 0 Å². The number of aromatic nitrogens is 1. The van der Waals surface area contributed by atoms with E-state index in [1.165, 1.54) is 5.56 Å². The van der Waals surface area contributed by atoms with Crippen LogP contribution in [0.4, 0.5) is 0 Å². The van der Waals surface area contributed by atoms with Crippen molar-refractivity contribution in [2.24, 2.45) is 5.73 Å². The second-order valence-electron chi connectivity index (χ2n) is 4.55. The summed E-state index contributed by atoms with van der Waals surface area (Å²) in [4.78, 5) is 0. The number of aryl methyl sites for hydroxylation is 2. The predicted molar refractivity (Wildman–Crippen MR) is 69.4 cm³/mol. The monoisotopic (exact) mass is 246 g/mol. The van der Waals surface area contributed by atoms with Crippen LogP contribution in [0.3, 0.4) is 0 Å². The molecule has 1 aromatic heterocycles. The molecule has 96 valence electrons. The molecule has 1 atom stereocenters. The van der Waals surface area contributed by atoms with Crippen molar-refractivity contribution >= 4 is 0 Å². The summed E-state index contributed by atoms with van der Waals surface area (Å²) in [6.07, 6.45) is 0. The number of nitrogens with zero attached hydrogens (tertiary/aromatic N) is 1. The molecule has 0 saturated heterocycles. The molecule has 0 amide bonds. The van der Waals surface area contributed by atoms with Crippen LogP contribution in [0.25, 0.3) is 0 Å². The maximum absolute atomic E-state index is 5.94. The zero-order valence-corrected chi connectivity index (χ0v) is 10.9. The molecule has 0 spiro atoms. The van der Waals surface area contributed by atoms with Crippen LogP contribution < -0.4 is 10.5 Å². The zero-order chi connectivity index (χ0) is 13.1. The summed E-state index contributed by atoms with van der Waals surface area (Å²) in [5, 5.41) is 3.82. The third-order valence-electron chi connectivity index (χ3n) is 2.70. The minimum Gasteiger partial charge on any atom is -0.485 e. The van der Waals surface area contributed by atoms with Gasteiger partial charge >= 0.3 is 0 Å². The Bertz CT molecular complexity index is 532. The molecule has 2 rings (SSSR count). The van der Waals surface area contributed by atoms with Crippen molar-refractivity contribution in [1.29, 1.82) is 0 Å². The van der Waals surface area contributed by atoms with E-state index in [9.17, 15) is 0 Å². The molecular formula is C14H18N2O2. The van der Waals surface area contributed by atoms with Crippen molar-refractivity contribution in [2.75, 3.05) is 0 Å². The van der Waals surface area contributed by atoms with E-state index in [-0.39, 0.29) is 6.04 Å². The zero-order valence-electron chi connectivity index (χ0n) is 10.9. The molecule has 0 radical (unpaired) electrons. The van der Waals surface area contributed by atoms with Crippen LogP contribution in [0.15, 0.2) is 28.8 Å². The molecule has 2 aromatic rings. The molecule has 0 saturated carbocycles.